The fourth-order valence-corrected chi connectivity index (χ4v) is 2.69. The van der Waals surface area contributed by atoms with Gasteiger partial charge in [-0.15, -0.1) is 0 Å². The van der Waals surface area contributed by atoms with E-state index in [0.717, 1.165) is 22.7 Å². The van der Waals surface area contributed by atoms with E-state index >= 15 is 0 Å². The predicted molar refractivity (Wildman–Crippen MR) is 126 cm³/mol. The number of benzene rings is 2. The Hall–Kier alpha value is -3.22. The molecule has 7 heteroatoms. The largest absolute Gasteiger partial charge is 0.497 e. The number of carbonyl (C=O) groups excluding carboxylic acids is 1. The maximum absolute atomic E-state index is 12.2. The van der Waals surface area contributed by atoms with Crippen LogP contribution in [0.4, 0.5) is 5.69 Å². The summed E-state index contributed by atoms with van der Waals surface area (Å²) in [5, 5.41) is 9.29. The molecule has 1 amide bonds. The Morgan fingerprint density at radius 3 is 2.16 bits per heavy atom. The summed E-state index contributed by atoms with van der Waals surface area (Å²) >= 11 is 0. The van der Waals surface area contributed by atoms with Crippen molar-refractivity contribution >= 4 is 17.6 Å². The monoisotopic (exact) mass is 426 g/mol. The predicted octanol–water partition coefficient (Wildman–Crippen LogP) is 3.95. The van der Waals surface area contributed by atoms with Crippen LogP contribution in [0.5, 0.6) is 11.5 Å². The highest BCUT2D eigenvalue weighted by Crippen LogP contribution is 2.17. The first kappa shape index (κ1) is 24.1. The molecule has 0 unspecified atom stereocenters. The van der Waals surface area contributed by atoms with Crippen molar-refractivity contribution in [2.45, 2.75) is 52.8 Å². The van der Waals surface area contributed by atoms with Crippen molar-refractivity contribution in [1.82, 2.24) is 10.6 Å². The van der Waals surface area contributed by atoms with Gasteiger partial charge in [-0.25, -0.2) is 4.99 Å². The Bertz CT molecular complexity index is 854. The summed E-state index contributed by atoms with van der Waals surface area (Å²) in [5.41, 5.74) is 1.58. The molecule has 3 N–H and O–H groups in total. The third kappa shape index (κ3) is 9.42. The number of anilines is 1. The van der Waals surface area contributed by atoms with E-state index in [1.165, 1.54) is 0 Å². The van der Waals surface area contributed by atoms with Crippen molar-refractivity contribution < 1.29 is 14.3 Å². The highest BCUT2D eigenvalue weighted by molar-refractivity contribution is 5.96. The SMILES string of the molecule is COc1ccc(CN=C(NCC(=O)NC(C)(C)C)Nc2ccc(OC(C)C)cc2)cc1. The average Bonchev–Trinajstić information content (AvgIpc) is 2.70. The topological polar surface area (TPSA) is 84.0 Å². The minimum atomic E-state index is -0.293. The number of methoxy groups -OCH3 is 1. The van der Waals surface area contributed by atoms with Gasteiger partial charge in [-0.2, -0.15) is 0 Å². The number of rotatable bonds is 8. The number of aliphatic imine (C=N–C) groups is 1. The minimum Gasteiger partial charge on any atom is -0.497 e. The molecule has 0 aliphatic heterocycles. The summed E-state index contributed by atoms with van der Waals surface area (Å²) in [7, 11) is 1.64. The van der Waals surface area contributed by atoms with Gasteiger partial charge in [0.1, 0.15) is 11.5 Å². The summed E-state index contributed by atoms with van der Waals surface area (Å²) in [5.74, 6) is 2.01. The molecule has 0 saturated heterocycles. The summed E-state index contributed by atoms with van der Waals surface area (Å²) in [6.07, 6.45) is 0.114. The van der Waals surface area contributed by atoms with Gasteiger partial charge < -0.3 is 25.4 Å². The van der Waals surface area contributed by atoms with Crippen molar-refractivity contribution in [2.24, 2.45) is 4.99 Å². The Balaban J connectivity index is 2.09. The van der Waals surface area contributed by atoms with Gasteiger partial charge in [0.15, 0.2) is 5.96 Å². The average molecular weight is 427 g/mol. The fraction of sp³-hybridized carbons (Fsp3) is 0.417. The zero-order valence-electron chi connectivity index (χ0n) is 19.3. The van der Waals surface area contributed by atoms with E-state index in [-0.39, 0.29) is 24.1 Å². The molecular weight excluding hydrogens is 392 g/mol. The zero-order chi connectivity index (χ0) is 22.9. The smallest absolute Gasteiger partial charge is 0.239 e. The van der Waals surface area contributed by atoms with E-state index in [1.807, 2.05) is 83.1 Å². The number of guanidine groups is 1. The molecular formula is C24H34N4O3. The van der Waals surface area contributed by atoms with Gasteiger partial charge in [-0.05, 0) is 76.6 Å². The number of ether oxygens (including phenoxy) is 2. The number of carbonyl (C=O) groups is 1. The number of nitrogens with zero attached hydrogens (tertiary/aromatic N) is 1. The van der Waals surface area contributed by atoms with Crippen LogP contribution in [-0.2, 0) is 11.3 Å². The molecule has 7 nitrogen and oxygen atoms in total. The third-order valence-corrected chi connectivity index (χ3v) is 4.00. The van der Waals surface area contributed by atoms with E-state index in [2.05, 4.69) is 20.9 Å². The molecule has 0 spiro atoms. The molecule has 31 heavy (non-hydrogen) atoms. The number of nitrogens with one attached hydrogen (secondary N) is 3. The molecule has 0 aliphatic rings. The first-order chi connectivity index (χ1) is 14.6. The Morgan fingerprint density at radius 1 is 1.00 bits per heavy atom. The van der Waals surface area contributed by atoms with Crippen molar-refractivity contribution in [3.63, 3.8) is 0 Å². The maximum atomic E-state index is 12.2. The maximum Gasteiger partial charge on any atom is 0.239 e. The lowest BCUT2D eigenvalue weighted by Gasteiger charge is -2.21. The van der Waals surface area contributed by atoms with Crippen LogP contribution in [0.2, 0.25) is 0 Å². The van der Waals surface area contributed by atoms with Gasteiger partial charge in [0.2, 0.25) is 5.91 Å². The van der Waals surface area contributed by atoms with Crippen molar-refractivity contribution in [1.29, 1.82) is 0 Å². The van der Waals surface area contributed by atoms with E-state index in [1.54, 1.807) is 7.11 Å². The van der Waals surface area contributed by atoms with Gasteiger partial charge >= 0.3 is 0 Å². The highest BCUT2D eigenvalue weighted by Gasteiger charge is 2.14. The molecule has 0 aromatic heterocycles. The normalized spacial score (nSPS) is 11.8. The first-order valence-corrected chi connectivity index (χ1v) is 10.4. The minimum absolute atomic E-state index is 0.105. The van der Waals surface area contributed by atoms with Crippen LogP contribution in [-0.4, -0.2) is 37.2 Å². The molecule has 0 heterocycles. The Kier molecular flexibility index (Phi) is 8.73. The van der Waals surface area contributed by atoms with E-state index in [0.29, 0.717) is 12.5 Å². The Morgan fingerprint density at radius 2 is 1.61 bits per heavy atom. The third-order valence-electron chi connectivity index (χ3n) is 4.00. The van der Waals surface area contributed by atoms with Crippen molar-refractivity contribution in [3.8, 4) is 11.5 Å². The second-order valence-corrected chi connectivity index (χ2v) is 8.48. The van der Waals surface area contributed by atoms with E-state index in [9.17, 15) is 4.79 Å². The molecule has 0 fully saturated rings. The number of hydrogen-bond acceptors (Lipinski definition) is 4. The van der Waals surface area contributed by atoms with Gasteiger partial charge in [-0.1, -0.05) is 12.1 Å². The number of amides is 1. The molecule has 2 rings (SSSR count). The quantitative estimate of drug-likeness (QED) is 0.440. The molecule has 2 aromatic carbocycles. The van der Waals surface area contributed by atoms with Gasteiger partial charge in [-0.3, -0.25) is 4.79 Å². The lowest BCUT2D eigenvalue weighted by atomic mass is 10.1. The van der Waals surface area contributed by atoms with Crippen LogP contribution in [0, 0.1) is 0 Å². The van der Waals surface area contributed by atoms with Crippen LogP contribution in [0.1, 0.15) is 40.2 Å². The lowest BCUT2D eigenvalue weighted by molar-refractivity contribution is -0.121. The second kappa shape index (κ2) is 11.2. The zero-order valence-corrected chi connectivity index (χ0v) is 19.3. The standard InChI is InChI=1S/C24H34N4O3/c1-17(2)31-21-13-9-19(10-14-21)27-23(26-16-22(29)28-24(3,4)5)25-15-18-7-11-20(30-6)12-8-18/h7-14,17H,15-16H2,1-6H3,(H,28,29)(H2,25,26,27). The summed E-state index contributed by atoms with van der Waals surface area (Å²) in [6.45, 7) is 10.4. The highest BCUT2D eigenvalue weighted by atomic mass is 16.5. The summed E-state index contributed by atoms with van der Waals surface area (Å²) < 4.78 is 10.9. The molecule has 2 aromatic rings. The van der Waals surface area contributed by atoms with Gasteiger partial charge in [0.25, 0.3) is 0 Å². The Labute approximate surface area is 185 Å². The van der Waals surface area contributed by atoms with Crippen LogP contribution in [0.3, 0.4) is 0 Å². The lowest BCUT2D eigenvalue weighted by Crippen LogP contribution is -2.46. The fourth-order valence-electron chi connectivity index (χ4n) is 2.69. The molecule has 0 radical (unpaired) electrons. The van der Waals surface area contributed by atoms with Crippen molar-refractivity contribution in [3.05, 3.63) is 54.1 Å². The van der Waals surface area contributed by atoms with Crippen LogP contribution in [0.15, 0.2) is 53.5 Å². The molecule has 0 aliphatic carbocycles. The second-order valence-electron chi connectivity index (χ2n) is 8.48. The molecule has 0 atom stereocenters. The van der Waals surface area contributed by atoms with Crippen molar-refractivity contribution in [2.75, 3.05) is 19.0 Å². The first-order valence-electron chi connectivity index (χ1n) is 10.4. The van der Waals surface area contributed by atoms with Crippen LogP contribution >= 0.6 is 0 Å². The summed E-state index contributed by atoms with van der Waals surface area (Å²) in [6, 6.07) is 15.3. The molecule has 0 bridgehead atoms. The molecule has 168 valence electrons. The van der Waals surface area contributed by atoms with Gasteiger partial charge in [0, 0.05) is 11.2 Å². The van der Waals surface area contributed by atoms with Crippen LogP contribution in [0.25, 0.3) is 0 Å². The van der Waals surface area contributed by atoms with E-state index in [4.69, 9.17) is 9.47 Å². The van der Waals surface area contributed by atoms with Gasteiger partial charge in [0.05, 0.1) is 26.3 Å². The number of hydrogen-bond donors (Lipinski definition) is 3. The summed E-state index contributed by atoms with van der Waals surface area (Å²) in [4.78, 5) is 16.8. The molecule has 0 saturated carbocycles. The van der Waals surface area contributed by atoms with E-state index < -0.39 is 0 Å². The van der Waals surface area contributed by atoms with Crippen LogP contribution < -0.4 is 25.4 Å².